The molecule has 12 nitrogen and oxygen atoms in total. The Morgan fingerprint density at radius 2 is 1.00 bits per heavy atom. The van der Waals surface area contributed by atoms with E-state index < -0.39 is 74.3 Å². The lowest BCUT2D eigenvalue weighted by atomic mass is 9.95. The van der Waals surface area contributed by atoms with Crippen LogP contribution in [0.1, 0.15) is 11.4 Å². The predicted octanol–water partition coefficient (Wildman–Crippen LogP) is -5.14. The molecule has 1 aromatic heterocycles. The summed E-state index contributed by atoms with van der Waals surface area (Å²) in [5, 5.41) is 77.4. The number of aliphatic hydroxyl groups excluding tert-OH is 8. The average molecular weight is 452 g/mol. The molecule has 2 aliphatic heterocycles. The first-order valence-corrected chi connectivity index (χ1v) is 9.73. The van der Waals surface area contributed by atoms with Crippen molar-refractivity contribution in [2.24, 2.45) is 0 Å². The summed E-state index contributed by atoms with van der Waals surface area (Å²) in [6.07, 6.45) is -10.9. The highest BCUT2D eigenvalue weighted by Gasteiger charge is 2.43. The second-order valence-corrected chi connectivity index (χ2v) is 7.32. The van der Waals surface area contributed by atoms with Crippen molar-refractivity contribution in [1.29, 1.82) is 0 Å². The monoisotopic (exact) mass is 452 g/mol. The van der Waals surface area contributed by atoms with Gasteiger partial charge in [-0.05, 0) is 11.8 Å². The minimum Gasteiger partial charge on any atom is -0.394 e. The van der Waals surface area contributed by atoms with Gasteiger partial charge >= 0.3 is 0 Å². The van der Waals surface area contributed by atoms with E-state index in [4.69, 9.17) is 9.47 Å². The van der Waals surface area contributed by atoms with Gasteiger partial charge in [-0.15, -0.1) is 0 Å². The standard InChI is InChI=1S/C20H24N2O10/c23-7-13-17(27)19(29)15(25)11(31-13)3-1-9-5-22-10(6-21-9)2-4-12-16(26)20(30)18(28)14(8-24)32-12/h5-6,11-20,23-30H,7-8H2/t11-,12-,13-,14-,15-,16-,17-,18-,19-,20?/m1/s1. The summed E-state index contributed by atoms with van der Waals surface area (Å²) in [7, 11) is 0. The Kier molecular flexibility index (Phi) is 8.10. The first-order valence-electron chi connectivity index (χ1n) is 9.73. The lowest BCUT2D eigenvalue weighted by Gasteiger charge is -2.37. The van der Waals surface area contributed by atoms with Crippen molar-refractivity contribution in [3.63, 3.8) is 0 Å². The molecule has 1 aromatic rings. The average Bonchev–Trinajstić information content (AvgIpc) is 2.81. The third-order valence-corrected chi connectivity index (χ3v) is 5.12. The van der Waals surface area contributed by atoms with Crippen LogP contribution >= 0.6 is 0 Å². The van der Waals surface area contributed by atoms with Gasteiger partial charge in [0.25, 0.3) is 0 Å². The SMILES string of the molecule is OC[C@H]1O[C@H](C#Cc2cnc(C#C[C@H]3O[C@H](CO)[C@@H](O)C(O)[C@@H]3O)cn2)[C@@H](O)[C@@H](O)[C@@H]1O. The van der Waals surface area contributed by atoms with Crippen molar-refractivity contribution >= 4 is 0 Å². The van der Waals surface area contributed by atoms with E-state index in [1.54, 1.807) is 0 Å². The number of ether oxygens (including phenoxy) is 2. The molecule has 32 heavy (non-hydrogen) atoms. The van der Waals surface area contributed by atoms with Crippen molar-refractivity contribution < 1.29 is 50.3 Å². The minimum absolute atomic E-state index is 0.181. The van der Waals surface area contributed by atoms with Gasteiger partial charge in [0, 0.05) is 0 Å². The summed E-state index contributed by atoms with van der Waals surface area (Å²) < 4.78 is 10.6. The molecule has 174 valence electrons. The Morgan fingerprint density at radius 1 is 0.625 bits per heavy atom. The summed E-state index contributed by atoms with van der Waals surface area (Å²) in [4.78, 5) is 8.06. The van der Waals surface area contributed by atoms with Gasteiger partial charge in [-0.3, -0.25) is 0 Å². The van der Waals surface area contributed by atoms with Gasteiger partial charge in [0.15, 0.2) is 0 Å². The van der Waals surface area contributed by atoms with Crippen molar-refractivity contribution in [3.8, 4) is 23.7 Å². The van der Waals surface area contributed by atoms with Gasteiger partial charge in [-0.2, -0.15) is 0 Å². The molecule has 2 fully saturated rings. The van der Waals surface area contributed by atoms with Crippen LogP contribution < -0.4 is 0 Å². The van der Waals surface area contributed by atoms with Crippen molar-refractivity contribution in [2.45, 2.75) is 61.0 Å². The van der Waals surface area contributed by atoms with Crippen LogP contribution in [0.4, 0.5) is 0 Å². The highest BCUT2D eigenvalue weighted by atomic mass is 16.5. The van der Waals surface area contributed by atoms with Crippen molar-refractivity contribution in [1.82, 2.24) is 9.97 Å². The van der Waals surface area contributed by atoms with Crippen LogP contribution in [0.5, 0.6) is 0 Å². The summed E-state index contributed by atoms with van der Waals surface area (Å²) in [6.45, 7) is -1.13. The van der Waals surface area contributed by atoms with E-state index in [0.717, 1.165) is 0 Å². The highest BCUT2D eigenvalue weighted by molar-refractivity contribution is 5.32. The number of hydrogen-bond acceptors (Lipinski definition) is 12. The Hall–Kier alpha value is -2.20. The first kappa shape index (κ1) is 24.4. The van der Waals surface area contributed by atoms with Gasteiger partial charge < -0.3 is 50.3 Å². The third-order valence-electron chi connectivity index (χ3n) is 5.12. The van der Waals surface area contributed by atoms with Gasteiger partial charge in [-0.25, -0.2) is 9.97 Å². The molecule has 8 N–H and O–H groups in total. The molecule has 2 saturated heterocycles. The third kappa shape index (κ3) is 5.23. The van der Waals surface area contributed by atoms with Gasteiger partial charge in [0.05, 0.1) is 25.6 Å². The second-order valence-electron chi connectivity index (χ2n) is 7.32. The fraction of sp³-hybridized carbons (Fsp3) is 0.600. The first-order chi connectivity index (χ1) is 15.3. The van der Waals surface area contributed by atoms with Crippen LogP contribution in [-0.4, -0.2) is 125 Å². The molecular formula is C20H24N2O10. The molecule has 0 saturated carbocycles. The molecule has 3 rings (SSSR count). The van der Waals surface area contributed by atoms with Gasteiger partial charge in [0.1, 0.15) is 72.4 Å². The van der Waals surface area contributed by atoms with E-state index >= 15 is 0 Å². The van der Waals surface area contributed by atoms with Crippen molar-refractivity contribution in [3.05, 3.63) is 23.8 Å². The Morgan fingerprint density at radius 3 is 1.31 bits per heavy atom. The van der Waals surface area contributed by atoms with E-state index in [1.807, 2.05) is 0 Å². The molecule has 0 aliphatic carbocycles. The maximum Gasteiger partial charge on any atom is 0.147 e. The predicted molar refractivity (Wildman–Crippen MR) is 103 cm³/mol. The van der Waals surface area contributed by atoms with Crippen molar-refractivity contribution in [2.75, 3.05) is 13.2 Å². The molecule has 2 aliphatic rings. The van der Waals surface area contributed by atoms with Gasteiger partial charge in [0.2, 0.25) is 0 Å². The maximum absolute atomic E-state index is 9.98. The van der Waals surface area contributed by atoms with Crippen LogP contribution in [0.3, 0.4) is 0 Å². The number of rotatable bonds is 2. The number of hydrogen-bond donors (Lipinski definition) is 8. The zero-order valence-corrected chi connectivity index (χ0v) is 16.6. The lowest BCUT2D eigenvalue weighted by molar-refractivity contribution is -0.214. The number of nitrogens with zero attached hydrogens (tertiary/aromatic N) is 2. The largest absolute Gasteiger partial charge is 0.394 e. The Balaban J connectivity index is 1.67. The second kappa shape index (κ2) is 10.6. The zero-order chi connectivity index (χ0) is 23.4. The van der Waals surface area contributed by atoms with Crippen LogP contribution in [0.2, 0.25) is 0 Å². The fourth-order valence-electron chi connectivity index (χ4n) is 3.19. The maximum atomic E-state index is 9.98. The molecule has 3 heterocycles. The quantitative estimate of drug-likeness (QED) is 0.198. The fourth-order valence-corrected chi connectivity index (χ4v) is 3.19. The highest BCUT2D eigenvalue weighted by Crippen LogP contribution is 2.21. The molecule has 0 aromatic carbocycles. The van der Waals surface area contributed by atoms with Crippen LogP contribution in [0, 0.1) is 23.7 Å². The molecule has 10 atom stereocenters. The molecule has 12 heteroatoms. The van der Waals surface area contributed by atoms with E-state index in [-0.39, 0.29) is 11.4 Å². The normalized spacial score (nSPS) is 39.4. The Bertz CT molecular complexity index is 815. The molecule has 0 radical (unpaired) electrons. The van der Waals surface area contributed by atoms with E-state index in [2.05, 4.69) is 33.6 Å². The molecule has 1 unspecified atom stereocenters. The van der Waals surface area contributed by atoms with E-state index in [0.29, 0.717) is 0 Å². The zero-order valence-electron chi connectivity index (χ0n) is 16.6. The summed E-state index contributed by atoms with van der Waals surface area (Å²) in [5.74, 6) is 10.3. The van der Waals surface area contributed by atoms with Gasteiger partial charge in [-0.1, -0.05) is 11.8 Å². The molecular weight excluding hydrogens is 428 g/mol. The molecule has 0 amide bonds. The Labute approximate surface area is 182 Å². The molecule has 0 bridgehead atoms. The van der Waals surface area contributed by atoms with E-state index in [9.17, 15) is 40.9 Å². The smallest absolute Gasteiger partial charge is 0.147 e. The topological polar surface area (TPSA) is 206 Å². The molecule has 0 spiro atoms. The summed E-state index contributed by atoms with van der Waals surface area (Å²) >= 11 is 0. The van der Waals surface area contributed by atoms with Crippen LogP contribution in [0.25, 0.3) is 0 Å². The van der Waals surface area contributed by atoms with Crippen LogP contribution in [-0.2, 0) is 9.47 Å². The van der Waals surface area contributed by atoms with Crippen LogP contribution in [0.15, 0.2) is 12.4 Å². The minimum atomic E-state index is -1.54. The summed E-state index contributed by atoms with van der Waals surface area (Å²) in [5.41, 5.74) is 0.362. The number of aliphatic hydroxyl groups is 8. The number of aromatic nitrogens is 2. The summed E-state index contributed by atoms with van der Waals surface area (Å²) in [6, 6.07) is 0. The lowest BCUT2D eigenvalue weighted by Crippen LogP contribution is -2.58. The van der Waals surface area contributed by atoms with E-state index in [1.165, 1.54) is 12.4 Å².